The van der Waals surface area contributed by atoms with Gasteiger partial charge in [-0.15, -0.1) is 0 Å². The fraction of sp³-hybridized carbons (Fsp3) is 0.529. The Morgan fingerprint density at radius 2 is 1.83 bits per heavy atom. The Bertz CT molecular complexity index is 465. The lowest BCUT2D eigenvalue weighted by Gasteiger charge is -2.23. The van der Waals surface area contributed by atoms with Crippen LogP contribution in [0.25, 0.3) is 0 Å². The Balaban J connectivity index is 0.000000322. The van der Waals surface area contributed by atoms with Gasteiger partial charge < -0.3 is 20.1 Å². The number of piperidine rings is 1. The number of rotatable bonds is 3. The summed E-state index contributed by atoms with van der Waals surface area (Å²) in [7, 11) is 0. The zero-order valence-corrected chi connectivity index (χ0v) is 14.0. The lowest BCUT2D eigenvalue weighted by molar-refractivity contribution is -0.138. The van der Waals surface area contributed by atoms with Crippen molar-refractivity contribution in [3.8, 4) is 5.75 Å². The minimum absolute atomic E-state index is 0.234. The van der Waals surface area contributed by atoms with E-state index in [0.717, 1.165) is 25.9 Å². The molecule has 1 aromatic rings. The third kappa shape index (κ3) is 9.52. The minimum atomic E-state index is -0.363. The maximum absolute atomic E-state index is 11.5. The molecule has 0 aliphatic carbocycles. The first kappa shape index (κ1) is 19.0. The molecule has 0 spiro atoms. The first-order valence-electron chi connectivity index (χ1n) is 7.76. The van der Waals surface area contributed by atoms with E-state index in [0.29, 0.717) is 12.2 Å². The Hall–Kier alpha value is -2.08. The molecule has 0 unspecified atom stereocenters. The van der Waals surface area contributed by atoms with Crippen LogP contribution in [0.2, 0.25) is 0 Å². The molecular formula is C17H26N2O4. The molecule has 1 fully saturated rings. The van der Waals surface area contributed by atoms with Crippen molar-refractivity contribution in [1.82, 2.24) is 10.6 Å². The second-order valence-corrected chi connectivity index (χ2v) is 6.20. The van der Waals surface area contributed by atoms with Crippen molar-refractivity contribution in [3.63, 3.8) is 0 Å². The molecule has 0 saturated carbocycles. The molecular weight excluding hydrogens is 296 g/mol. The highest BCUT2D eigenvalue weighted by molar-refractivity contribution is 5.70. The summed E-state index contributed by atoms with van der Waals surface area (Å²) in [5.74, 6) is 0.578. The molecule has 1 heterocycles. The molecule has 1 amide bonds. The molecule has 6 heteroatoms. The fourth-order valence-corrected chi connectivity index (χ4v) is 1.90. The van der Waals surface area contributed by atoms with E-state index in [9.17, 15) is 9.59 Å². The Labute approximate surface area is 137 Å². The number of hydrogen-bond acceptors (Lipinski definition) is 5. The number of carbonyl (C=O) groups is 2. The van der Waals surface area contributed by atoms with Crippen LogP contribution in [0.15, 0.2) is 30.3 Å². The summed E-state index contributed by atoms with van der Waals surface area (Å²) in [4.78, 5) is 21.1. The average Bonchev–Trinajstić information content (AvgIpc) is 2.48. The number of nitrogens with one attached hydrogen (secondary N) is 2. The lowest BCUT2D eigenvalue weighted by atomic mass is 10.1. The Morgan fingerprint density at radius 1 is 1.22 bits per heavy atom. The van der Waals surface area contributed by atoms with Crippen LogP contribution in [-0.2, 0) is 9.53 Å². The van der Waals surface area contributed by atoms with Crippen molar-refractivity contribution in [1.29, 1.82) is 0 Å². The maximum atomic E-state index is 11.5. The highest BCUT2D eigenvalue weighted by Gasteiger charge is 2.16. The number of carbonyl (C=O) groups excluding carboxylic acids is 2. The van der Waals surface area contributed by atoms with Crippen LogP contribution in [0.5, 0.6) is 5.75 Å². The summed E-state index contributed by atoms with van der Waals surface area (Å²) >= 11 is 0. The van der Waals surface area contributed by atoms with Crippen LogP contribution in [0.1, 0.15) is 33.6 Å². The summed E-state index contributed by atoms with van der Waals surface area (Å²) in [5, 5.41) is 6.11. The minimum Gasteiger partial charge on any atom is -0.462 e. The van der Waals surface area contributed by atoms with E-state index in [1.165, 1.54) is 0 Å². The van der Waals surface area contributed by atoms with Crippen molar-refractivity contribution in [3.05, 3.63) is 30.3 Å². The highest BCUT2D eigenvalue weighted by atomic mass is 16.6. The monoisotopic (exact) mass is 322 g/mol. The second-order valence-electron chi connectivity index (χ2n) is 6.20. The number of para-hydroxylation sites is 1. The van der Waals surface area contributed by atoms with Crippen LogP contribution in [0, 0.1) is 0 Å². The predicted octanol–water partition coefficient (Wildman–Crippen LogP) is 2.48. The zero-order chi connectivity index (χ0) is 17.1. The molecule has 128 valence electrons. The first-order chi connectivity index (χ1) is 10.9. The van der Waals surface area contributed by atoms with Gasteiger partial charge in [-0.3, -0.25) is 4.79 Å². The third-order valence-electron chi connectivity index (χ3n) is 3.02. The van der Waals surface area contributed by atoms with E-state index >= 15 is 0 Å². The SMILES string of the molecule is CC(C)(C)OC=O.O=C(NC1CCNCC1)Oc1ccccc1. The summed E-state index contributed by atoms with van der Waals surface area (Å²) in [6, 6.07) is 9.33. The largest absolute Gasteiger partial charge is 0.462 e. The van der Waals surface area contributed by atoms with Gasteiger partial charge in [0.15, 0.2) is 0 Å². The molecule has 0 radical (unpaired) electrons. The van der Waals surface area contributed by atoms with Crippen molar-refractivity contribution >= 4 is 12.6 Å². The average molecular weight is 322 g/mol. The van der Waals surface area contributed by atoms with Gasteiger partial charge in [-0.2, -0.15) is 0 Å². The second kappa shape index (κ2) is 9.84. The van der Waals surface area contributed by atoms with E-state index in [1.807, 2.05) is 39.0 Å². The summed E-state index contributed by atoms with van der Waals surface area (Å²) in [5.41, 5.74) is -0.318. The normalized spacial score (nSPS) is 14.9. The Kier molecular flexibility index (Phi) is 8.11. The molecule has 0 aromatic heterocycles. The topological polar surface area (TPSA) is 76.7 Å². The smallest absolute Gasteiger partial charge is 0.412 e. The van der Waals surface area contributed by atoms with Crippen molar-refractivity contribution in [2.75, 3.05) is 13.1 Å². The zero-order valence-electron chi connectivity index (χ0n) is 14.0. The van der Waals surface area contributed by atoms with Crippen molar-refractivity contribution < 1.29 is 19.1 Å². The lowest BCUT2D eigenvalue weighted by Crippen LogP contribution is -2.43. The molecule has 0 atom stereocenters. The number of benzene rings is 1. The maximum Gasteiger partial charge on any atom is 0.412 e. The molecule has 23 heavy (non-hydrogen) atoms. The molecule has 1 aromatic carbocycles. The molecule has 1 aliphatic heterocycles. The van der Waals surface area contributed by atoms with Crippen LogP contribution in [-0.4, -0.2) is 37.3 Å². The van der Waals surface area contributed by atoms with Crippen molar-refractivity contribution in [2.24, 2.45) is 0 Å². The molecule has 1 aliphatic rings. The summed E-state index contributed by atoms with van der Waals surface area (Å²) < 4.78 is 9.70. The van der Waals surface area contributed by atoms with Gasteiger partial charge in [0.1, 0.15) is 11.4 Å². The summed E-state index contributed by atoms with van der Waals surface area (Å²) in [6.45, 7) is 7.83. The van der Waals surface area contributed by atoms with Crippen LogP contribution in [0.3, 0.4) is 0 Å². The van der Waals surface area contributed by atoms with Gasteiger partial charge in [0, 0.05) is 6.04 Å². The van der Waals surface area contributed by atoms with Gasteiger partial charge in [-0.25, -0.2) is 4.79 Å². The highest BCUT2D eigenvalue weighted by Crippen LogP contribution is 2.09. The molecule has 1 saturated heterocycles. The van der Waals surface area contributed by atoms with E-state index in [2.05, 4.69) is 15.4 Å². The van der Waals surface area contributed by atoms with Gasteiger partial charge in [0.05, 0.1) is 0 Å². The van der Waals surface area contributed by atoms with Gasteiger partial charge in [-0.1, -0.05) is 18.2 Å². The third-order valence-corrected chi connectivity index (χ3v) is 3.02. The molecule has 0 bridgehead atoms. The van der Waals surface area contributed by atoms with Crippen LogP contribution < -0.4 is 15.4 Å². The number of hydrogen-bond donors (Lipinski definition) is 2. The number of ether oxygens (including phenoxy) is 2. The van der Waals surface area contributed by atoms with E-state index in [1.54, 1.807) is 12.1 Å². The standard InChI is InChI=1S/C12H16N2O2.C5H10O2/c15-12(14-10-6-8-13-9-7-10)16-11-4-2-1-3-5-11;1-5(2,3)7-4-6/h1-5,10,13H,6-9H2,(H,14,15);4H,1-3H3. The predicted molar refractivity (Wildman–Crippen MR) is 88.4 cm³/mol. The molecule has 6 nitrogen and oxygen atoms in total. The van der Waals surface area contributed by atoms with Gasteiger partial charge in [-0.05, 0) is 58.8 Å². The molecule has 2 N–H and O–H groups in total. The number of amides is 1. The quantitative estimate of drug-likeness (QED) is 0.836. The van der Waals surface area contributed by atoms with Crippen LogP contribution >= 0.6 is 0 Å². The fourth-order valence-electron chi connectivity index (χ4n) is 1.90. The Morgan fingerprint density at radius 3 is 2.30 bits per heavy atom. The van der Waals surface area contributed by atoms with E-state index in [-0.39, 0.29) is 17.7 Å². The van der Waals surface area contributed by atoms with Gasteiger partial charge in [0.25, 0.3) is 6.47 Å². The molecule has 2 rings (SSSR count). The summed E-state index contributed by atoms with van der Waals surface area (Å²) in [6.07, 6.45) is 1.56. The van der Waals surface area contributed by atoms with Gasteiger partial charge in [0.2, 0.25) is 0 Å². The van der Waals surface area contributed by atoms with Crippen LogP contribution in [0.4, 0.5) is 4.79 Å². The van der Waals surface area contributed by atoms with E-state index in [4.69, 9.17) is 4.74 Å². The first-order valence-corrected chi connectivity index (χ1v) is 7.76. The van der Waals surface area contributed by atoms with Gasteiger partial charge >= 0.3 is 6.09 Å². The van der Waals surface area contributed by atoms with E-state index < -0.39 is 0 Å². The van der Waals surface area contributed by atoms with Crippen molar-refractivity contribution in [2.45, 2.75) is 45.3 Å².